The Kier molecular flexibility index (Phi) is 7.02. The zero-order valence-electron chi connectivity index (χ0n) is 16.5. The van der Waals surface area contributed by atoms with Gasteiger partial charge >= 0.3 is 0 Å². The lowest BCUT2D eigenvalue weighted by atomic mass is 10.1. The van der Waals surface area contributed by atoms with Crippen molar-refractivity contribution in [1.29, 1.82) is 0 Å². The van der Waals surface area contributed by atoms with Crippen LogP contribution in [0.15, 0.2) is 6.07 Å². The second kappa shape index (κ2) is 8.81. The molecule has 6 heteroatoms. The molecule has 0 atom stereocenters. The van der Waals surface area contributed by atoms with E-state index < -0.39 is 0 Å². The van der Waals surface area contributed by atoms with Gasteiger partial charge in [0.05, 0.1) is 18.8 Å². The van der Waals surface area contributed by atoms with Crippen LogP contribution in [0, 0.1) is 0 Å². The molecule has 1 aromatic rings. The van der Waals surface area contributed by atoms with Crippen LogP contribution in [0.2, 0.25) is 0 Å². The monoisotopic (exact) mass is 350 g/mol. The zero-order chi connectivity index (χ0) is 18.4. The van der Waals surface area contributed by atoms with Crippen LogP contribution < -0.4 is 5.32 Å². The van der Waals surface area contributed by atoms with Gasteiger partial charge in [0.25, 0.3) is 5.91 Å². The normalized spacial score (nSPS) is 16.4. The molecule has 1 aliphatic heterocycles. The number of aromatic nitrogens is 2. The van der Waals surface area contributed by atoms with E-state index in [1.165, 1.54) is 0 Å². The van der Waals surface area contributed by atoms with Gasteiger partial charge in [0.1, 0.15) is 5.69 Å². The van der Waals surface area contributed by atoms with Crippen molar-refractivity contribution in [2.75, 3.05) is 39.4 Å². The van der Waals surface area contributed by atoms with E-state index >= 15 is 0 Å². The van der Waals surface area contributed by atoms with Crippen molar-refractivity contribution in [3.8, 4) is 0 Å². The maximum absolute atomic E-state index is 12.4. The fourth-order valence-corrected chi connectivity index (χ4v) is 3.03. The SMILES string of the molecule is CC(C)c1cc(C(=O)NCCCCN2CCOCC2)nn1C(C)(C)C. The Hall–Kier alpha value is -1.40. The molecule has 6 nitrogen and oxygen atoms in total. The largest absolute Gasteiger partial charge is 0.379 e. The Morgan fingerprint density at radius 2 is 1.96 bits per heavy atom. The van der Waals surface area contributed by atoms with E-state index in [1.807, 2.05) is 10.7 Å². The van der Waals surface area contributed by atoms with Gasteiger partial charge < -0.3 is 10.1 Å². The van der Waals surface area contributed by atoms with E-state index in [0.29, 0.717) is 18.2 Å². The van der Waals surface area contributed by atoms with Crippen LogP contribution in [0.5, 0.6) is 0 Å². The molecule has 0 saturated carbocycles. The maximum Gasteiger partial charge on any atom is 0.271 e. The lowest BCUT2D eigenvalue weighted by molar-refractivity contribution is 0.0372. The van der Waals surface area contributed by atoms with E-state index in [-0.39, 0.29) is 11.4 Å². The molecule has 142 valence electrons. The van der Waals surface area contributed by atoms with Crippen molar-refractivity contribution in [1.82, 2.24) is 20.0 Å². The molecule has 0 aromatic carbocycles. The first-order valence-corrected chi connectivity index (χ1v) is 9.48. The highest BCUT2D eigenvalue weighted by atomic mass is 16.5. The molecule has 2 rings (SSSR count). The summed E-state index contributed by atoms with van der Waals surface area (Å²) < 4.78 is 7.33. The standard InChI is InChI=1S/C19H34N4O2/c1-15(2)17-14-16(21-23(17)19(3,4)5)18(24)20-8-6-7-9-22-10-12-25-13-11-22/h14-15H,6-13H2,1-5H3,(H,20,24). The van der Waals surface area contributed by atoms with E-state index in [4.69, 9.17) is 4.74 Å². The first-order chi connectivity index (χ1) is 11.8. The van der Waals surface area contributed by atoms with Gasteiger partial charge in [-0.3, -0.25) is 14.4 Å². The Balaban J connectivity index is 1.80. The maximum atomic E-state index is 12.4. The molecule has 1 saturated heterocycles. The van der Waals surface area contributed by atoms with Gasteiger partial charge in [0.2, 0.25) is 0 Å². The summed E-state index contributed by atoms with van der Waals surface area (Å²) in [5.41, 5.74) is 1.49. The lowest BCUT2D eigenvalue weighted by Crippen LogP contribution is -2.37. The van der Waals surface area contributed by atoms with Crippen LogP contribution in [0.1, 0.15) is 69.6 Å². The third-order valence-electron chi connectivity index (χ3n) is 4.49. The van der Waals surface area contributed by atoms with Crippen LogP contribution in [-0.4, -0.2) is 60.0 Å². The van der Waals surface area contributed by atoms with Crippen LogP contribution >= 0.6 is 0 Å². The number of amides is 1. The topological polar surface area (TPSA) is 59.4 Å². The van der Waals surface area contributed by atoms with Crippen LogP contribution in [-0.2, 0) is 10.3 Å². The Labute approximate surface area is 151 Å². The quantitative estimate of drug-likeness (QED) is 0.768. The Morgan fingerprint density at radius 3 is 2.52 bits per heavy atom. The van der Waals surface area contributed by atoms with Gasteiger partial charge in [-0.15, -0.1) is 0 Å². The van der Waals surface area contributed by atoms with Gasteiger partial charge in [-0.05, 0) is 52.1 Å². The predicted molar refractivity (Wildman–Crippen MR) is 100 cm³/mol. The fraction of sp³-hybridized carbons (Fsp3) is 0.789. The van der Waals surface area contributed by atoms with Crippen molar-refractivity contribution in [3.05, 3.63) is 17.5 Å². The number of nitrogens with one attached hydrogen (secondary N) is 1. The number of rotatable bonds is 7. The highest BCUT2D eigenvalue weighted by molar-refractivity contribution is 5.92. The molecule has 0 unspecified atom stereocenters. The minimum Gasteiger partial charge on any atom is -0.379 e. The number of carbonyl (C=O) groups is 1. The summed E-state index contributed by atoms with van der Waals surface area (Å²) >= 11 is 0. The van der Waals surface area contributed by atoms with Crippen molar-refractivity contribution < 1.29 is 9.53 Å². The molecule has 0 bridgehead atoms. The first kappa shape index (κ1) is 19.9. The summed E-state index contributed by atoms with van der Waals surface area (Å²) in [5, 5.41) is 7.57. The zero-order valence-corrected chi connectivity index (χ0v) is 16.5. The summed E-state index contributed by atoms with van der Waals surface area (Å²) in [6, 6.07) is 1.93. The summed E-state index contributed by atoms with van der Waals surface area (Å²) in [6.07, 6.45) is 2.08. The minimum atomic E-state index is -0.129. The molecule has 25 heavy (non-hydrogen) atoms. The second-order valence-corrected chi connectivity index (χ2v) is 8.11. The molecule has 2 heterocycles. The second-order valence-electron chi connectivity index (χ2n) is 8.11. The van der Waals surface area contributed by atoms with Crippen molar-refractivity contribution in [3.63, 3.8) is 0 Å². The van der Waals surface area contributed by atoms with Crippen molar-refractivity contribution in [2.45, 2.75) is 58.9 Å². The van der Waals surface area contributed by atoms with Gasteiger partial charge in [-0.1, -0.05) is 13.8 Å². The minimum absolute atomic E-state index is 0.0729. The van der Waals surface area contributed by atoms with Crippen molar-refractivity contribution >= 4 is 5.91 Å². The number of nitrogens with zero attached hydrogens (tertiary/aromatic N) is 3. The molecule has 1 aliphatic rings. The molecular weight excluding hydrogens is 316 g/mol. The van der Waals surface area contributed by atoms with Crippen LogP contribution in [0.3, 0.4) is 0 Å². The average molecular weight is 351 g/mol. The molecule has 1 N–H and O–H groups in total. The summed E-state index contributed by atoms with van der Waals surface area (Å²) in [6.45, 7) is 16.1. The third kappa shape index (κ3) is 5.82. The highest BCUT2D eigenvalue weighted by Crippen LogP contribution is 2.23. The Bertz CT molecular complexity index is 554. The van der Waals surface area contributed by atoms with Crippen LogP contribution in [0.25, 0.3) is 0 Å². The first-order valence-electron chi connectivity index (χ1n) is 9.48. The summed E-state index contributed by atoms with van der Waals surface area (Å²) in [4.78, 5) is 14.8. The molecule has 1 amide bonds. The third-order valence-corrected chi connectivity index (χ3v) is 4.49. The number of hydrogen-bond acceptors (Lipinski definition) is 4. The molecule has 0 radical (unpaired) electrons. The molecule has 1 fully saturated rings. The average Bonchev–Trinajstić information content (AvgIpc) is 3.01. The smallest absolute Gasteiger partial charge is 0.271 e. The Morgan fingerprint density at radius 1 is 1.28 bits per heavy atom. The van der Waals surface area contributed by atoms with Gasteiger partial charge in [0, 0.05) is 25.3 Å². The molecule has 0 spiro atoms. The number of ether oxygens (including phenoxy) is 1. The number of hydrogen-bond donors (Lipinski definition) is 1. The van der Waals surface area contributed by atoms with E-state index in [9.17, 15) is 4.79 Å². The van der Waals surface area contributed by atoms with Crippen LogP contribution in [0.4, 0.5) is 0 Å². The molecule has 1 aromatic heterocycles. The van der Waals surface area contributed by atoms with Gasteiger partial charge in [-0.2, -0.15) is 5.10 Å². The number of morpholine rings is 1. The predicted octanol–water partition coefficient (Wildman–Crippen LogP) is 2.60. The molecular formula is C19H34N4O2. The van der Waals surface area contributed by atoms with Gasteiger partial charge in [-0.25, -0.2) is 0 Å². The van der Waals surface area contributed by atoms with E-state index in [1.54, 1.807) is 0 Å². The molecule has 0 aliphatic carbocycles. The lowest BCUT2D eigenvalue weighted by Gasteiger charge is -2.26. The number of carbonyl (C=O) groups excluding carboxylic acids is 1. The summed E-state index contributed by atoms with van der Waals surface area (Å²) in [5.74, 6) is 0.262. The summed E-state index contributed by atoms with van der Waals surface area (Å²) in [7, 11) is 0. The number of unbranched alkanes of at least 4 members (excludes halogenated alkanes) is 1. The van der Waals surface area contributed by atoms with E-state index in [2.05, 4.69) is 49.9 Å². The van der Waals surface area contributed by atoms with Gasteiger partial charge in [0.15, 0.2) is 0 Å². The van der Waals surface area contributed by atoms with Crippen molar-refractivity contribution in [2.24, 2.45) is 0 Å². The van der Waals surface area contributed by atoms with E-state index in [0.717, 1.165) is 51.4 Å². The fourth-order valence-electron chi connectivity index (χ4n) is 3.03. The highest BCUT2D eigenvalue weighted by Gasteiger charge is 2.23.